The van der Waals surface area contributed by atoms with Gasteiger partial charge >= 0.3 is 0 Å². The summed E-state index contributed by atoms with van der Waals surface area (Å²) in [5.41, 5.74) is 0. The Labute approximate surface area is 135 Å². The molecule has 3 fully saturated rings. The highest BCUT2D eigenvalue weighted by Crippen LogP contribution is 2.36. The molecule has 0 aromatic heterocycles. The molecule has 3 rings (SSSR count). The Balaban J connectivity index is 1.26. The molecule has 22 heavy (non-hydrogen) atoms. The quantitative estimate of drug-likeness (QED) is 0.725. The molecule has 0 aromatic carbocycles. The number of ketones is 1. The molecule has 0 radical (unpaired) electrons. The summed E-state index contributed by atoms with van der Waals surface area (Å²) in [5, 5.41) is 0. The molecule has 126 valence electrons. The van der Waals surface area contributed by atoms with Crippen LogP contribution >= 0.6 is 0 Å². The van der Waals surface area contributed by atoms with Crippen molar-refractivity contribution in [3.63, 3.8) is 0 Å². The van der Waals surface area contributed by atoms with E-state index in [1.54, 1.807) is 0 Å². The molecule has 0 atom stereocenters. The van der Waals surface area contributed by atoms with Crippen LogP contribution in [0.1, 0.15) is 77.0 Å². The third-order valence-corrected chi connectivity index (χ3v) is 6.11. The topological polar surface area (TPSA) is 35.5 Å². The van der Waals surface area contributed by atoms with E-state index in [1.165, 1.54) is 44.9 Å². The minimum absolute atomic E-state index is 0.0896. The third kappa shape index (κ3) is 5.06. The Morgan fingerprint density at radius 2 is 1.14 bits per heavy atom. The van der Waals surface area contributed by atoms with Gasteiger partial charge in [-0.25, -0.2) is 0 Å². The Kier molecular flexibility index (Phi) is 6.31. The lowest BCUT2D eigenvalue weighted by Gasteiger charge is -2.30. The normalized spacial score (nSPS) is 31.7. The smallest absolute Gasteiger partial charge is 0.157 e. The number of rotatable bonds is 6. The van der Waals surface area contributed by atoms with Gasteiger partial charge in [0.1, 0.15) is 5.78 Å². The number of ether oxygens (including phenoxy) is 2. The predicted molar refractivity (Wildman–Crippen MR) is 86.6 cm³/mol. The van der Waals surface area contributed by atoms with E-state index in [0.29, 0.717) is 5.78 Å². The van der Waals surface area contributed by atoms with Gasteiger partial charge in [0, 0.05) is 12.8 Å². The first-order valence-electron chi connectivity index (χ1n) is 9.54. The fourth-order valence-electron chi connectivity index (χ4n) is 4.51. The SMILES string of the molecule is O=C1CCC(CC[C@H]2CC[C@H](CCC3OCCO3)CC2)CC1. The summed E-state index contributed by atoms with van der Waals surface area (Å²) in [7, 11) is 0. The molecule has 0 bridgehead atoms. The van der Waals surface area contributed by atoms with E-state index in [4.69, 9.17) is 9.47 Å². The largest absolute Gasteiger partial charge is 0.350 e. The average Bonchev–Trinajstić information content (AvgIpc) is 3.07. The van der Waals surface area contributed by atoms with Crippen LogP contribution in [-0.4, -0.2) is 25.3 Å². The standard InChI is InChI=1S/C19H32O3/c20-18-10-7-17(8-11-18)6-3-15-1-4-16(5-2-15)9-12-19-21-13-14-22-19/h15-17,19H,1-14H2/t15-,16-. The number of carbonyl (C=O) groups is 1. The summed E-state index contributed by atoms with van der Waals surface area (Å²) in [6.45, 7) is 1.56. The first-order chi connectivity index (χ1) is 10.8. The van der Waals surface area contributed by atoms with Crippen LogP contribution in [0.25, 0.3) is 0 Å². The van der Waals surface area contributed by atoms with Crippen molar-refractivity contribution >= 4 is 5.78 Å². The van der Waals surface area contributed by atoms with Gasteiger partial charge in [-0.05, 0) is 43.4 Å². The van der Waals surface area contributed by atoms with Crippen LogP contribution in [0.15, 0.2) is 0 Å². The van der Waals surface area contributed by atoms with Gasteiger partial charge < -0.3 is 9.47 Å². The van der Waals surface area contributed by atoms with Gasteiger partial charge in [0.15, 0.2) is 6.29 Å². The zero-order chi connectivity index (χ0) is 15.2. The lowest BCUT2D eigenvalue weighted by Crippen LogP contribution is -2.19. The maximum atomic E-state index is 11.3. The van der Waals surface area contributed by atoms with Crippen LogP contribution < -0.4 is 0 Å². The van der Waals surface area contributed by atoms with Crippen molar-refractivity contribution in [3.8, 4) is 0 Å². The second-order valence-electron chi connectivity index (χ2n) is 7.69. The molecule has 0 spiro atoms. The van der Waals surface area contributed by atoms with Crippen molar-refractivity contribution in [1.82, 2.24) is 0 Å². The van der Waals surface area contributed by atoms with Crippen molar-refractivity contribution in [2.45, 2.75) is 83.3 Å². The molecule has 0 unspecified atom stereocenters. The molecule has 3 heteroatoms. The Bertz CT molecular complexity index is 331. The predicted octanol–water partition coefficient (Wildman–Crippen LogP) is 4.49. The molecule has 1 heterocycles. The van der Waals surface area contributed by atoms with Crippen LogP contribution in [0, 0.1) is 17.8 Å². The molecule has 1 saturated heterocycles. The lowest BCUT2D eigenvalue weighted by atomic mass is 9.76. The Morgan fingerprint density at radius 3 is 1.68 bits per heavy atom. The van der Waals surface area contributed by atoms with E-state index in [9.17, 15) is 4.79 Å². The highest BCUT2D eigenvalue weighted by atomic mass is 16.7. The molecule has 0 N–H and O–H groups in total. The van der Waals surface area contributed by atoms with Crippen LogP contribution in [-0.2, 0) is 14.3 Å². The van der Waals surface area contributed by atoms with Crippen LogP contribution in [0.4, 0.5) is 0 Å². The van der Waals surface area contributed by atoms with Crippen molar-refractivity contribution in [1.29, 1.82) is 0 Å². The summed E-state index contributed by atoms with van der Waals surface area (Å²) < 4.78 is 11.1. The number of hydrogen-bond acceptors (Lipinski definition) is 3. The second-order valence-corrected chi connectivity index (χ2v) is 7.69. The van der Waals surface area contributed by atoms with E-state index in [1.807, 2.05) is 0 Å². The first kappa shape index (κ1) is 16.4. The molecular formula is C19H32O3. The highest BCUT2D eigenvalue weighted by Gasteiger charge is 2.25. The van der Waals surface area contributed by atoms with Gasteiger partial charge in [-0.2, -0.15) is 0 Å². The molecule has 2 aliphatic carbocycles. The molecule has 1 aliphatic heterocycles. The van der Waals surface area contributed by atoms with Gasteiger partial charge in [0.05, 0.1) is 13.2 Å². The fraction of sp³-hybridized carbons (Fsp3) is 0.947. The third-order valence-electron chi connectivity index (χ3n) is 6.11. The molecule has 0 aromatic rings. The lowest BCUT2D eigenvalue weighted by molar-refractivity contribution is -0.121. The molecule has 3 nitrogen and oxygen atoms in total. The van der Waals surface area contributed by atoms with Crippen LogP contribution in [0.2, 0.25) is 0 Å². The monoisotopic (exact) mass is 308 g/mol. The zero-order valence-electron chi connectivity index (χ0n) is 13.9. The maximum Gasteiger partial charge on any atom is 0.157 e. The van der Waals surface area contributed by atoms with E-state index < -0.39 is 0 Å². The molecule has 2 saturated carbocycles. The first-order valence-corrected chi connectivity index (χ1v) is 9.54. The summed E-state index contributed by atoms with van der Waals surface area (Å²) in [6.07, 6.45) is 14.9. The molecular weight excluding hydrogens is 276 g/mol. The van der Waals surface area contributed by atoms with E-state index in [0.717, 1.165) is 63.1 Å². The van der Waals surface area contributed by atoms with Gasteiger partial charge in [-0.1, -0.05) is 38.5 Å². The maximum absolute atomic E-state index is 11.3. The van der Waals surface area contributed by atoms with Crippen LogP contribution in [0.3, 0.4) is 0 Å². The van der Waals surface area contributed by atoms with E-state index in [2.05, 4.69) is 0 Å². The van der Waals surface area contributed by atoms with Crippen molar-refractivity contribution in [3.05, 3.63) is 0 Å². The molecule has 0 amide bonds. The van der Waals surface area contributed by atoms with Crippen molar-refractivity contribution in [2.24, 2.45) is 17.8 Å². The second kappa shape index (κ2) is 8.44. The minimum atomic E-state index is 0.0896. The van der Waals surface area contributed by atoms with Crippen molar-refractivity contribution < 1.29 is 14.3 Å². The van der Waals surface area contributed by atoms with Gasteiger partial charge in [0.25, 0.3) is 0 Å². The Hall–Kier alpha value is -0.410. The number of carbonyl (C=O) groups excluding carboxylic acids is 1. The minimum Gasteiger partial charge on any atom is -0.350 e. The van der Waals surface area contributed by atoms with E-state index >= 15 is 0 Å². The van der Waals surface area contributed by atoms with Crippen LogP contribution in [0.5, 0.6) is 0 Å². The van der Waals surface area contributed by atoms with Gasteiger partial charge in [-0.15, -0.1) is 0 Å². The summed E-state index contributed by atoms with van der Waals surface area (Å²) in [6, 6.07) is 0. The summed E-state index contributed by atoms with van der Waals surface area (Å²) in [4.78, 5) is 11.3. The van der Waals surface area contributed by atoms with Gasteiger partial charge in [-0.3, -0.25) is 4.79 Å². The summed E-state index contributed by atoms with van der Waals surface area (Å²) in [5.74, 6) is 3.18. The summed E-state index contributed by atoms with van der Waals surface area (Å²) >= 11 is 0. The highest BCUT2D eigenvalue weighted by molar-refractivity contribution is 5.78. The Morgan fingerprint density at radius 1 is 0.682 bits per heavy atom. The van der Waals surface area contributed by atoms with Gasteiger partial charge in [0.2, 0.25) is 0 Å². The number of Topliss-reactive ketones (excluding diaryl/α,β-unsaturated/α-hetero) is 1. The fourth-order valence-corrected chi connectivity index (χ4v) is 4.51. The average molecular weight is 308 g/mol. The molecule has 3 aliphatic rings. The zero-order valence-corrected chi connectivity index (χ0v) is 13.9. The van der Waals surface area contributed by atoms with Crippen molar-refractivity contribution in [2.75, 3.05) is 13.2 Å². The number of hydrogen-bond donors (Lipinski definition) is 0. The van der Waals surface area contributed by atoms with E-state index in [-0.39, 0.29) is 6.29 Å².